The summed E-state index contributed by atoms with van der Waals surface area (Å²) in [6.07, 6.45) is 0. The van der Waals surface area contributed by atoms with Gasteiger partial charge in [0.25, 0.3) is 0 Å². The number of nitrogens with one attached hydrogen (secondary N) is 2. The maximum absolute atomic E-state index is 12.4. The van der Waals surface area contributed by atoms with Crippen LogP contribution in [0.25, 0.3) is 0 Å². The summed E-state index contributed by atoms with van der Waals surface area (Å²) in [6.45, 7) is 2.14. The summed E-state index contributed by atoms with van der Waals surface area (Å²) in [7, 11) is 1.53. The van der Waals surface area contributed by atoms with Crippen molar-refractivity contribution in [2.24, 2.45) is 0 Å². The van der Waals surface area contributed by atoms with Crippen molar-refractivity contribution in [3.05, 3.63) is 58.1 Å². The fourth-order valence-electron chi connectivity index (χ4n) is 2.68. The van der Waals surface area contributed by atoms with Crippen LogP contribution in [0.4, 0.5) is 9.93 Å². The predicted molar refractivity (Wildman–Crippen MR) is 122 cm³/mol. The quantitative estimate of drug-likeness (QED) is 0.403. The molecule has 3 N–H and O–H groups in total. The lowest BCUT2D eigenvalue weighted by Crippen LogP contribution is -2.31. The number of benzene rings is 2. The second-order valence-corrected chi connectivity index (χ2v) is 8.04. The highest BCUT2D eigenvalue weighted by molar-refractivity contribution is 7.15. The molecular formula is C21H23ClN4O5S. The molecule has 170 valence electrons. The van der Waals surface area contributed by atoms with Crippen LogP contribution in [0.3, 0.4) is 0 Å². The Morgan fingerprint density at radius 3 is 2.66 bits per heavy atom. The van der Waals surface area contributed by atoms with E-state index in [2.05, 4.69) is 20.8 Å². The monoisotopic (exact) mass is 478 g/mol. The number of urea groups is 1. The lowest BCUT2D eigenvalue weighted by molar-refractivity contribution is 0.196. The number of anilines is 1. The largest absolute Gasteiger partial charge is 0.493 e. The van der Waals surface area contributed by atoms with Gasteiger partial charge in [-0.2, -0.15) is 0 Å². The van der Waals surface area contributed by atoms with Crippen molar-refractivity contribution >= 4 is 34.1 Å². The molecule has 2 aromatic carbocycles. The van der Waals surface area contributed by atoms with E-state index in [-0.39, 0.29) is 25.9 Å². The maximum atomic E-state index is 12.4. The van der Waals surface area contributed by atoms with Crippen LogP contribution >= 0.6 is 22.9 Å². The van der Waals surface area contributed by atoms with E-state index in [1.54, 1.807) is 36.4 Å². The van der Waals surface area contributed by atoms with Gasteiger partial charge < -0.3 is 24.6 Å². The molecule has 1 unspecified atom stereocenters. The molecule has 1 atom stereocenters. The van der Waals surface area contributed by atoms with E-state index in [1.807, 2.05) is 13.0 Å². The number of methoxy groups -OCH3 is 1. The number of aromatic nitrogens is 2. The lowest BCUT2D eigenvalue weighted by Gasteiger charge is -2.17. The number of hydrogen-bond acceptors (Lipinski definition) is 8. The topological polar surface area (TPSA) is 115 Å². The molecule has 0 radical (unpaired) electrons. The first-order valence-electron chi connectivity index (χ1n) is 9.68. The van der Waals surface area contributed by atoms with Crippen LogP contribution in [0, 0.1) is 0 Å². The number of nitrogens with zero attached hydrogens (tertiary/aromatic N) is 2. The molecule has 0 spiro atoms. The van der Waals surface area contributed by atoms with Crippen LogP contribution in [-0.2, 0) is 6.61 Å². The van der Waals surface area contributed by atoms with E-state index in [9.17, 15) is 4.79 Å². The predicted octanol–water partition coefficient (Wildman–Crippen LogP) is 4.03. The van der Waals surface area contributed by atoms with Crippen LogP contribution < -0.4 is 24.8 Å². The number of halogens is 1. The zero-order valence-electron chi connectivity index (χ0n) is 17.5. The highest BCUT2D eigenvalue weighted by atomic mass is 35.5. The summed E-state index contributed by atoms with van der Waals surface area (Å²) >= 11 is 7.07. The van der Waals surface area contributed by atoms with Crippen LogP contribution in [0.15, 0.2) is 42.5 Å². The molecule has 1 heterocycles. The normalized spacial score (nSPS) is 11.5. The Bertz CT molecular complexity index is 1030. The van der Waals surface area contributed by atoms with Crippen molar-refractivity contribution < 1.29 is 24.1 Å². The van der Waals surface area contributed by atoms with Gasteiger partial charge in [0, 0.05) is 5.02 Å². The molecule has 0 fully saturated rings. The maximum Gasteiger partial charge on any atom is 0.321 e. The smallest absolute Gasteiger partial charge is 0.321 e. The van der Waals surface area contributed by atoms with Gasteiger partial charge in [0.2, 0.25) is 5.13 Å². The molecular weight excluding hydrogens is 456 g/mol. The Hall–Kier alpha value is -3.08. The fourth-order valence-corrected chi connectivity index (χ4v) is 3.45. The van der Waals surface area contributed by atoms with E-state index in [0.717, 1.165) is 5.56 Å². The van der Waals surface area contributed by atoms with E-state index in [1.165, 1.54) is 18.4 Å². The summed E-state index contributed by atoms with van der Waals surface area (Å²) in [5.41, 5.74) is 0.822. The number of carbonyl (C=O) groups is 1. The molecule has 9 nitrogen and oxygen atoms in total. The number of carbonyl (C=O) groups excluding carboxylic acids is 1. The molecule has 11 heteroatoms. The number of rotatable bonds is 10. The molecule has 32 heavy (non-hydrogen) atoms. The number of hydrogen-bond donors (Lipinski definition) is 3. The summed E-state index contributed by atoms with van der Waals surface area (Å²) in [5, 5.41) is 24.0. The first kappa shape index (κ1) is 23.6. The van der Waals surface area contributed by atoms with Crippen molar-refractivity contribution in [2.75, 3.05) is 25.6 Å². The zero-order valence-corrected chi connectivity index (χ0v) is 19.1. The average molecular weight is 479 g/mol. The van der Waals surface area contributed by atoms with Gasteiger partial charge in [-0.1, -0.05) is 29.0 Å². The fraction of sp³-hybridized carbons (Fsp3) is 0.286. The van der Waals surface area contributed by atoms with E-state index in [4.69, 9.17) is 30.9 Å². The molecule has 0 aliphatic rings. The van der Waals surface area contributed by atoms with Crippen LogP contribution in [-0.4, -0.2) is 41.7 Å². The number of amides is 2. The highest BCUT2D eigenvalue weighted by Gasteiger charge is 2.15. The molecule has 1 aromatic heterocycles. The Morgan fingerprint density at radius 2 is 1.94 bits per heavy atom. The lowest BCUT2D eigenvalue weighted by atomic mass is 10.1. The third-order valence-corrected chi connectivity index (χ3v) is 5.31. The molecule has 2 amide bonds. The van der Waals surface area contributed by atoms with Crippen molar-refractivity contribution in [2.45, 2.75) is 19.6 Å². The number of aliphatic hydroxyl groups excluding tert-OH is 1. The van der Waals surface area contributed by atoms with Gasteiger partial charge in [0.15, 0.2) is 16.5 Å². The summed E-state index contributed by atoms with van der Waals surface area (Å²) in [6, 6.07) is 11.6. The summed E-state index contributed by atoms with van der Waals surface area (Å²) < 4.78 is 16.4. The van der Waals surface area contributed by atoms with Crippen LogP contribution in [0.5, 0.6) is 17.2 Å². The van der Waals surface area contributed by atoms with Gasteiger partial charge in [-0.3, -0.25) is 5.32 Å². The summed E-state index contributed by atoms with van der Waals surface area (Å²) in [4.78, 5) is 12.4. The zero-order chi connectivity index (χ0) is 22.9. The van der Waals surface area contributed by atoms with Crippen molar-refractivity contribution in [3.63, 3.8) is 0 Å². The molecule has 0 saturated carbocycles. The molecule has 0 saturated heterocycles. The molecule has 0 aliphatic carbocycles. The molecule has 0 bridgehead atoms. The third-order valence-electron chi connectivity index (χ3n) is 4.25. The highest BCUT2D eigenvalue weighted by Crippen LogP contribution is 2.30. The number of aliphatic hydroxyl groups is 1. The van der Waals surface area contributed by atoms with E-state index >= 15 is 0 Å². The van der Waals surface area contributed by atoms with Crippen molar-refractivity contribution in [3.8, 4) is 17.2 Å². The Labute approximate surface area is 194 Å². The van der Waals surface area contributed by atoms with Gasteiger partial charge in [-0.05, 0) is 48.9 Å². The van der Waals surface area contributed by atoms with E-state index < -0.39 is 6.03 Å². The SMILES string of the molecule is COc1cc(C(C)NC(=O)Nc2nnc(COc3ccc(Cl)cc3)s2)ccc1OCCO. The first-order valence-corrected chi connectivity index (χ1v) is 10.9. The van der Waals surface area contributed by atoms with Gasteiger partial charge in [0.05, 0.1) is 19.8 Å². The van der Waals surface area contributed by atoms with Gasteiger partial charge in [0.1, 0.15) is 19.0 Å². The minimum absolute atomic E-state index is 0.0936. The van der Waals surface area contributed by atoms with Crippen molar-refractivity contribution in [1.29, 1.82) is 0 Å². The Balaban J connectivity index is 1.52. The first-order chi connectivity index (χ1) is 15.5. The van der Waals surface area contributed by atoms with Gasteiger partial charge in [-0.25, -0.2) is 4.79 Å². The second-order valence-electron chi connectivity index (χ2n) is 6.55. The van der Waals surface area contributed by atoms with Crippen molar-refractivity contribution in [1.82, 2.24) is 15.5 Å². The molecule has 3 aromatic rings. The average Bonchev–Trinajstić information content (AvgIpc) is 3.24. The Morgan fingerprint density at radius 1 is 1.16 bits per heavy atom. The van der Waals surface area contributed by atoms with Crippen LogP contribution in [0.1, 0.15) is 23.5 Å². The van der Waals surface area contributed by atoms with Crippen LogP contribution in [0.2, 0.25) is 5.02 Å². The minimum atomic E-state index is -0.418. The second kappa shape index (κ2) is 11.5. The standard InChI is InChI=1S/C21H23ClN4O5S/c1-13(14-3-8-17(30-10-9-27)18(11-14)29-2)23-20(28)24-21-26-25-19(32-21)12-31-16-6-4-15(22)5-7-16/h3-8,11,13,27H,9-10,12H2,1-2H3,(H2,23,24,26,28). The van der Waals surface area contributed by atoms with E-state index in [0.29, 0.717) is 32.4 Å². The molecule has 3 rings (SSSR count). The number of ether oxygens (including phenoxy) is 3. The van der Waals surface area contributed by atoms with Gasteiger partial charge >= 0.3 is 6.03 Å². The molecule has 0 aliphatic heterocycles. The minimum Gasteiger partial charge on any atom is -0.493 e. The van der Waals surface area contributed by atoms with Gasteiger partial charge in [-0.15, -0.1) is 10.2 Å². The third kappa shape index (κ3) is 6.71. The Kier molecular flexibility index (Phi) is 8.48. The summed E-state index contributed by atoms with van der Waals surface area (Å²) in [5.74, 6) is 1.69.